The van der Waals surface area contributed by atoms with Crippen LogP contribution in [0.1, 0.15) is 30.1 Å². The van der Waals surface area contributed by atoms with Crippen LogP contribution < -0.4 is 4.72 Å². The van der Waals surface area contributed by atoms with Gasteiger partial charge < -0.3 is 4.74 Å². The fraction of sp³-hybridized carbons (Fsp3) is 0.500. The van der Waals surface area contributed by atoms with Crippen LogP contribution in [0.2, 0.25) is 0 Å². The van der Waals surface area contributed by atoms with Crippen molar-refractivity contribution in [1.82, 2.24) is 4.72 Å². The summed E-state index contributed by atoms with van der Waals surface area (Å²) in [6, 6.07) is 5.97. The molecule has 1 aliphatic heterocycles. The minimum absolute atomic E-state index is 0.0804. The Morgan fingerprint density at radius 3 is 2.60 bits per heavy atom. The van der Waals surface area contributed by atoms with Gasteiger partial charge in [0.15, 0.2) is 5.78 Å². The Morgan fingerprint density at radius 2 is 2.05 bits per heavy atom. The highest BCUT2D eigenvalue weighted by Crippen LogP contribution is 2.16. The number of ether oxygens (including phenoxy) is 1. The Labute approximate surface area is 119 Å². The lowest BCUT2D eigenvalue weighted by atomic mass is 10.1. The van der Waals surface area contributed by atoms with Gasteiger partial charge in [-0.25, -0.2) is 13.1 Å². The summed E-state index contributed by atoms with van der Waals surface area (Å²) in [5, 5.41) is 0. The van der Waals surface area contributed by atoms with Crippen LogP contribution in [-0.4, -0.2) is 34.0 Å². The van der Waals surface area contributed by atoms with E-state index in [1.807, 2.05) is 0 Å². The molecule has 1 N–H and O–H groups in total. The van der Waals surface area contributed by atoms with Gasteiger partial charge in [0.2, 0.25) is 10.0 Å². The van der Waals surface area contributed by atoms with E-state index in [1.54, 1.807) is 0 Å². The van der Waals surface area contributed by atoms with E-state index in [9.17, 15) is 13.2 Å². The second-order valence-electron chi connectivity index (χ2n) is 5.00. The molecule has 6 heteroatoms. The van der Waals surface area contributed by atoms with Gasteiger partial charge in [0.25, 0.3) is 0 Å². The number of hydrogen-bond donors (Lipinski definition) is 1. The molecule has 1 atom stereocenters. The van der Waals surface area contributed by atoms with E-state index in [1.165, 1.54) is 31.2 Å². The summed E-state index contributed by atoms with van der Waals surface area (Å²) in [7, 11) is -3.50. The molecule has 0 aromatic heterocycles. The van der Waals surface area contributed by atoms with Crippen molar-refractivity contribution in [2.24, 2.45) is 5.92 Å². The van der Waals surface area contributed by atoms with Crippen LogP contribution in [0.25, 0.3) is 0 Å². The van der Waals surface area contributed by atoms with Gasteiger partial charge in [0.05, 0.1) is 4.90 Å². The van der Waals surface area contributed by atoms with Crippen LogP contribution in [-0.2, 0) is 14.8 Å². The number of carbonyl (C=O) groups is 1. The predicted molar refractivity (Wildman–Crippen MR) is 75.2 cm³/mol. The Kier molecular flexibility index (Phi) is 4.91. The summed E-state index contributed by atoms with van der Waals surface area (Å²) in [5.74, 6) is 0.362. The van der Waals surface area contributed by atoms with Crippen LogP contribution in [0.5, 0.6) is 0 Å². The van der Waals surface area contributed by atoms with Crippen LogP contribution in [0.4, 0.5) is 0 Å². The summed E-state index contributed by atoms with van der Waals surface area (Å²) in [6.45, 7) is 3.34. The van der Waals surface area contributed by atoms with Gasteiger partial charge >= 0.3 is 0 Å². The molecule has 1 unspecified atom stereocenters. The molecule has 2 rings (SSSR count). The number of nitrogens with one attached hydrogen (secondary N) is 1. The first-order chi connectivity index (χ1) is 9.49. The van der Waals surface area contributed by atoms with Crippen molar-refractivity contribution in [2.75, 3.05) is 19.8 Å². The molecule has 1 saturated heterocycles. The number of ketones is 1. The van der Waals surface area contributed by atoms with Crippen molar-refractivity contribution in [1.29, 1.82) is 0 Å². The molecule has 1 heterocycles. The minimum Gasteiger partial charge on any atom is -0.381 e. The van der Waals surface area contributed by atoms with Crippen LogP contribution in [0.3, 0.4) is 0 Å². The lowest BCUT2D eigenvalue weighted by Crippen LogP contribution is -2.26. The molecule has 1 aromatic rings. The zero-order valence-electron chi connectivity index (χ0n) is 11.5. The van der Waals surface area contributed by atoms with E-state index < -0.39 is 10.0 Å². The summed E-state index contributed by atoms with van der Waals surface area (Å²) in [6.07, 6.45) is 1.78. The van der Waals surface area contributed by atoms with Gasteiger partial charge in [-0.05, 0) is 37.8 Å². The van der Waals surface area contributed by atoms with Gasteiger partial charge in [-0.1, -0.05) is 12.1 Å². The van der Waals surface area contributed by atoms with E-state index in [2.05, 4.69) is 4.72 Å². The topological polar surface area (TPSA) is 72.5 Å². The molecule has 0 bridgehead atoms. The lowest BCUT2D eigenvalue weighted by molar-refractivity contribution is 0.101. The molecular weight excluding hydrogens is 278 g/mol. The zero-order valence-corrected chi connectivity index (χ0v) is 12.3. The van der Waals surface area contributed by atoms with Crippen LogP contribution in [0.15, 0.2) is 29.2 Å². The third-order valence-corrected chi connectivity index (χ3v) is 4.92. The maximum atomic E-state index is 12.1. The molecule has 1 fully saturated rings. The highest BCUT2D eigenvalue weighted by atomic mass is 32.2. The number of benzene rings is 1. The van der Waals surface area contributed by atoms with Gasteiger partial charge in [-0.3, -0.25) is 4.79 Å². The second-order valence-corrected chi connectivity index (χ2v) is 6.76. The zero-order chi connectivity index (χ0) is 14.6. The van der Waals surface area contributed by atoms with Gasteiger partial charge in [0.1, 0.15) is 0 Å². The molecule has 110 valence electrons. The maximum absolute atomic E-state index is 12.1. The van der Waals surface area contributed by atoms with E-state index in [0.717, 1.165) is 26.1 Å². The van der Waals surface area contributed by atoms with Crippen LogP contribution >= 0.6 is 0 Å². The molecule has 1 aliphatic rings. The molecular formula is C14H19NO4S. The van der Waals surface area contributed by atoms with Crippen molar-refractivity contribution in [3.05, 3.63) is 29.8 Å². The summed E-state index contributed by atoms with van der Waals surface area (Å²) >= 11 is 0. The fourth-order valence-corrected chi connectivity index (χ4v) is 3.21. The first-order valence-electron chi connectivity index (χ1n) is 6.67. The van der Waals surface area contributed by atoms with Crippen molar-refractivity contribution in [3.63, 3.8) is 0 Å². The molecule has 0 spiro atoms. The van der Waals surface area contributed by atoms with E-state index in [0.29, 0.717) is 18.0 Å². The van der Waals surface area contributed by atoms with Crippen molar-refractivity contribution in [2.45, 2.75) is 24.7 Å². The number of Topliss-reactive ketones (excluding diaryl/α,β-unsaturated/α-hetero) is 1. The normalized spacial score (nSPS) is 19.1. The first kappa shape index (κ1) is 15.2. The highest BCUT2D eigenvalue weighted by Gasteiger charge is 2.18. The lowest BCUT2D eigenvalue weighted by Gasteiger charge is -2.09. The summed E-state index contributed by atoms with van der Waals surface area (Å²) in [5.41, 5.74) is 0.507. The van der Waals surface area contributed by atoms with E-state index in [4.69, 9.17) is 4.74 Å². The molecule has 0 saturated carbocycles. The average molecular weight is 297 g/mol. The largest absolute Gasteiger partial charge is 0.381 e. The Bertz CT molecular complexity index is 559. The number of rotatable bonds is 6. The third-order valence-electron chi connectivity index (χ3n) is 3.44. The summed E-state index contributed by atoms with van der Waals surface area (Å²) in [4.78, 5) is 11.3. The second kappa shape index (κ2) is 6.47. The maximum Gasteiger partial charge on any atom is 0.240 e. The molecule has 0 aliphatic carbocycles. The molecule has 5 nitrogen and oxygen atoms in total. The van der Waals surface area contributed by atoms with Gasteiger partial charge in [-0.15, -0.1) is 0 Å². The Hall–Kier alpha value is -1.24. The van der Waals surface area contributed by atoms with Gasteiger partial charge in [-0.2, -0.15) is 0 Å². The predicted octanol–water partition coefficient (Wildman–Crippen LogP) is 1.59. The highest BCUT2D eigenvalue weighted by molar-refractivity contribution is 7.89. The standard InChI is InChI=1S/C14H19NO4S/c1-11(16)13-2-4-14(5-3-13)20(17,18)15-8-6-12-7-9-19-10-12/h2-5,12,15H,6-10H2,1H3. The third kappa shape index (κ3) is 3.88. The van der Waals surface area contributed by atoms with Crippen molar-refractivity contribution >= 4 is 15.8 Å². The minimum atomic E-state index is -3.50. The number of sulfonamides is 1. The molecule has 20 heavy (non-hydrogen) atoms. The molecule has 0 radical (unpaired) electrons. The molecule has 1 aromatic carbocycles. The summed E-state index contributed by atoms with van der Waals surface area (Å²) < 4.78 is 32.0. The van der Waals surface area contributed by atoms with Crippen LogP contribution in [0, 0.1) is 5.92 Å². The number of carbonyl (C=O) groups excluding carboxylic acids is 1. The Morgan fingerprint density at radius 1 is 1.35 bits per heavy atom. The monoisotopic (exact) mass is 297 g/mol. The quantitative estimate of drug-likeness (QED) is 0.809. The van der Waals surface area contributed by atoms with Crippen molar-refractivity contribution in [3.8, 4) is 0 Å². The smallest absolute Gasteiger partial charge is 0.240 e. The average Bonchev–Trinajstić information content (AvgIpc) is 2.92. The Balaban J connectivity index is 1.93. The number of hydrogen-bond acceptors (Lipinski definition) is 4. The van der Waals surface area contributed by atoms with Gasteiger partial charge in [0, 0.05) is 25.3 Å². The van der Waals surface area contributed by atoms with E-state index >= 15 is 0 Å². The van der Waals surface area contributed by atoms with E-state index in [-0.39, 0.29) is 10.7 Å². The SMILES string of the molecule is CC(=O)c1ccc(S(=O)(=O)NCCC2CCOC2)cc1. The van der Waals surface area contributed by atoms with Crippen molar-refractivity contribution < 1.29 is 17.9 Å². The molecule has 0 amide bonds. The first-order valence-corrected chi connectivity index (χ1v) is 8.16. The fourth-order valence-electron chi connectivity index (χ4n) is 2.16.